The van der Waals surface area contributed by atoms with Crippen LogP contribution >= 0.6 is 11.8 Å². The Morgan fingerprint density at radius 3 is 2.57 bits per heavy atom. The molecule has 0 fully saturated rings. The van der Waals surface area contributed by atoms with E-state index < -0.39 is 0 Å². The number of methoxy groups -OCH3 is 2. The van der Waals surface area contributed by atoms with Crippen LogP contribution in [0.3, 0.4) is 0 Å². The molecule has 2 rings (SSSR count). The van der Waals surface area contributed by atoms with Crippen molar-refractivity contribution in [3.63, 3.8) is 0 Å². The lowest BCUT2D eigenvalue weighted by atomic mass is 10.3. The number of hydrazine groups is 1. The highest BCUT2D eigenvalue weighted by molar-refractivity contribution is 8.00. The summed E-state index contributed by atoms with van der Waals surface area (Å²) in [5.41, 5.74) is 5.25. The van der Waals surface area contributed by atoms with Gasteiger partial charge in [-0.25, -0.2) is 4.98 Å². The highest BCUT2D eigenvalue weighted by Crippen LogP contribution is 2.25. The van der Waals surface area contributed by atoms with Gasteiger partial charge in [0.15, 0.2) is 0 Å². The second-order valence-corrected chi connectivity index (χ2v) is 5.89. The number of anilines is 1. The van der Waals surface area contributed by atoms with E-state index in [1.165, 1.54) is 25.1 Å². The highest BCUT2D eigenvalue weighted by Gasteiger charge is 2.14. The van der Waals surface area contributed by atoms with Crippen LogP contribution in [0.1, 0.15) is 6.92 Å². The lowest BCUT2D eigenvalue weighted by Gasteiger charge is -2.13. The number of hydrogen-bond donors (Lipinski definition) is 2. The average Bonchev–Trinajstić information content (AvgIpc) is 2.60. The van der Waals surface area contributed by atoms with Crippen LogP contribution in [0.2, 0.25) is 0 Å². The number of nitrogens with one attached hydrogen (secondary N) is 2. The fraction of sp³-hybridized carbons (Fsp3) is 0.267. The lowest BCUT2D eigenvalue weighted by molar-refractivity contribution is -0.119. The Hall–Kier alpha value is -2.48. The van der Waals surface area contributed by atoms with Crippen LogP contribution in [0.5, 0.6) is 11.6 Å². The molecule has 0 saturated heterocycles. The molecule has 23 heavy (non-hydrogen) atoms. The van der Waals surface area contributed by atoms with Crippen LogP contribution in [0.25, 0.3) is 0 Å². The van der Waals surface area contributed by atoms with E-state index in [4.69, 9.17) is 9.47 Å². The van der Waals surface area contributed by atoms with Gasteiger partial charge in [0.05, 0.1) is 19.5 Å². The maximum atomic E-state index is 12.1. The molecule has 0 aliphatic rings. The van der Waals surface area contributed by atoms with E-state index in [2.05, 4.69) is 20.8 Å². The molecule has 1 heterocycles. The maximum absolute atomic E-state index is 12.1. The number of thioether (sulfide) groups is 1. The minimum atomic E-state index is -0.290. The van der Waals surface area contributed by atoms with Crippen LogP contribution in [0.15, 0.2) is 41.4 Å². The molecule has 0 bridgehead atoms. The van der Waals surface area contributed by atoms with Gasteiger partial charge in [-0.05, 0) is 31.2 Å². The van der Waals surface area contributed by atoms with Crippen molar-refractivity contribution in [1.82, 2.24) is 15.4 Å². The molecule has 2 N–H and O–H groups in total. The molecule has 7 nitrogen and oxygen atoms in total. The minimum Gasteiger partial charge on any atom is -0.497 e. The number of rotatable bonds is 7. The van der Waals surface area contributed by atoms with Gasteiger partial charge in [-0.3, -0.25) is 15.6 Å². The van der Waals surface area contributed by atoms with Gasteiger partial charge in [0.2, 0.25) is 11.8 Å². The molecule has 122 valence electrons. The van der Waals surface area contributed by atoms with Crippen molar-refractivity contribution in [2.45, 2.75) is 17.1 Å². The molecule has 0 unspecified atom stereocenters. The van der Waals surface area contributed by atoms with E-state index in [0.717, 1.165) is 10.6 Å². The zero-order valence-electron chi connectivity index (χ0n) is 13.1. The van der Waals surface area contributed by atoms with Crippen molar-refractivity contribution < 1.29 is 14.3 Å². The Labute approximate surface area is 138 Å². The number of ether oxygens (including phenoxy) is 2. The molecule has 0 saturated carbocycles. The van der Waals surface area contributed by atoms with Gasteiger partial charge in [-0.1, -0.05) is 0 Å². The summed E-state index contributed by atoms with van der Waals surface area (Å²) in [6.07, 6.45) is 1.54. The molecule has 1 amide bonds. The van der Waals surface area contributed by atoms with Gasteiger partial charge >= 0.3 is 0 Å². The standard InChI is InChI=1S/C15H18N4O3S/c1-10(23-12-6-4-11(21-2)5-7-12)14(20)18-19-15-16-9-8-13(17-15)22-3/h4-10H,1-3H3,(H,18,20)(H,16,17,19)/t10-/m0/s1. The summed E-state index contributed by atoms with van der Waals surface area (Å²) in [5, 5.41) is -0.290. The largest absolute Gasteiger partial charge is 0.497 e. The quantitative estimate of drug-likeness (QED) is 0.592. The highest BCUT2D eigenvalue weighted by atomic mass is 32.2. The Kier molecular flexibility index (Phi) is 6.04. The summed E-state index contributed by atoms with van der Waals surface area (Å²) in [5.74, 6) is 1.28. The van der Waals surface area contributed by atoms with Crippen molar-refractivity contribution in [2.24, 2.45) is 0 Å². The Morgan fingerprint density at radius 1 is 1.17 bits per heavy atom. The number of amides is 1. The smallest absolute Gasteiger partial charge is 0.251 e. The zero-order chi connectivity index (χ0) is 16.7. The predicted molar refractivity (Wildman–Crippen MR) is 88.7 cm³/mol. The molecule has 0 aliphatic carbocycles. The number of carbonyl (C=O) groups is 1. The first-order valence-electron chi connectivity index (χ1n) is 6.86. The third-order valence-electron chi connectivity index (χ3n) is 2.88. The monoisotopic (exact) mass is 334 g/mol. The number of benzene rings is 1. The van der Waals surface area contributed by atoms with Crippen molar-refractivity contribution in [3.05, 3.63) is 36.5 Å². The first-order chi connectivity index (χ1) is 11.1. The fourth-order valence-corrected chi connectivity index (χ4v) is 2.51. The topological polar surface area (TPSA) is 85.4 Å². The van der Waals surface area contributed by atoms with Crippen LogP contribution in [0, 0.1) is 0 Å². The second kappa shape index (κ2) is 8.23. The fourth-order valence-electron chi connectivity index (χ4n) is 1.65. The summed E-state index contributed by atoms with van der Waals surface area (Å²) in [4.78, 5) is 21.1. The Morgan fingerprint density at radius 2 is 1.91 bits per heavy atom. The Balaban J connectivity index is 1.86. The number of hydrogen-bond acceptors (Lipinski definition) is 7. The SMILES string of the molecule is COc1ccc(S[C@@H](C)C(=O)NNc2nccc(OC)n2)cc1. The average molecular weight is 334 g/mol. The van der Waals surface area contributed by atoms with Crippen molar-refractivity contribution in [1.29, 1.82) is 0 Å². The molecule has 1 aromatic heterocycles. The summed E-state index contributed by atoms with van der Waals surface area (Å²) in [6.45, 7) is 1.82. The maximum Gasteiger partial charge on any atom is 0.251 e. The zero-order valence-corrected chi connectivity index (χ0v) is 13.9. The Bertz CT molecular complexity index is 651. The number of carbonyl (C=O) groups excluding carboxylic acids is 1. The second-order valence-electron chi connectivity index (χ2n) is 4.47. The molecule has 2 aromatic rings. The predicted octanol–water partition coefficient (Wildman–Crippen LogP) is 2.12. The van der Waals surface area contributed by atoms with E-state index in [-0.39, 0.29) is 17.1 Å². The summed E-state index contributed by atoms with van der Waals surface area (Å²) in [7, 11) is 3.13. The van der Waals surface area contributed by atoms with Crippen molar-refractivity contribution in [2.75, 3.05) is 19.6 Å². The van der Waals surface area contributed by atoms with Gasteiger partial charge in [0.25, 0.3) is 5.91 Å². The number of nitrogens with zero attached hydrogens (tertiary/aromatic N) is 2. The molecule has 0 spiro atoms. The van der Waals surface area contributed by atoms with E-state index >= 15 is 0 Å². The van der Waals surface area contributed by atoms with Gasteiger partial charge in [-0.2, -0.15) is 4.98 Å². The molecule has 0 aliphatic heterocycles. The first kappa shape index (κ1) is 16.9. The van der Waals surface area contributed by atoms with Gasteiger partial charge < -0.3 is 9.47 Å². The van der Waals surface area contributed by atoms with Gasteiger partial charge in [-0.15, -0.1) is 11.8 Å². The van der Waals surface area contributed by atoms with E-state index in [1.807, 2.05) is 31.2 Å². The molecule has 0 radical (unpaired) electrons. The third kappa shape index (κ3) is 5.03. The molecule has 8 heteroatoms. The van der Waals surface area contributed by atoms with Crippen LogP contribution in [-0.4, -0.2) is 35.3 Å². The van der Waals surface area contributed by atoms with Crippen LogP contribution in [-0.2, 0) is 4.79 Å². The molecule has 1 aromatic carbocycles. The molecular formula is C15H18N4O3S. The van der Waals surface area contributed by atoms with Gasteiger partial charge in [0, 0.05) is 17.2 Å². The lowest BCUT2D eigenvalue weighted by Crippen LogP contribution is -2.36. The summed E-state index contributed by atoms with van der Waals surface area (Å²) >= 11 is 1.44. The van der Waals surface area contributed by atoms with E-state index in [0.29, 0.717) is 5.88 Å². The van der Waals surface area contributed by atoms with E-state index in [1.54, 1.807) is 13.2 Å². The third-order valence-corrected chi connectivity index (χ3v) is 3.99. The van der Waals surface area contributed by atoms with Crippen molar-refractivity contribution in [3.8, 4) is 11.6 Å². The van der Waals surface area contributed by atoms with E-state index in [9.17, 15) is 4.79 Å². The summed E-state index contributed by atoms with van der Waals surface area (Å²) in [6, 6.07) is 9.15. The van der Waals surface area contributed by atoms with Crippen LogP contribution in [0.4, 0.5) is 5.95 Å². The first-order valence-corrected chi connectivity index (χ1v) is 7.74. The molecule has 1 atom stereocenters. The summed E-state index contributed by atoms with van der Waals surface area (Å²) < 4.78 is 10.1. The van der Waals surface area contributed by atoms with Crippen LogP contribution < -0.4 is 20.3 Å². The number of aromatic nitrogens is 2. The normalized spacial score (nSPS) is 11.4. The van der Waals surface area contributed by atoms with Crippen molar-refractivity contribution >= 4 is 23.6 Å². The molecular weight excluding hydrogens is 316 g/mol. The van der Waals surface area contributed by atoms with Gasteiger partial charge in [0.1, 0.15) is 5.75 Å². The minimum absolute atomic E-state index is 0.183.